The van der Waals surface area contributed by atoms with E-state index in [1.807, 2.05) is 32.8 Å². The largest absolute Gasteiger partial charge is 0.389 e. The van der Waals surface area contributed by atoms with E-state index >= 15 is 0 Å². The molecule has 3 nitrogen and oxygen atoms in total. The van der Waals surface area contributed by atoms with Gasteiger partial charge in [-0.05, 0) is 47.7 Å². The molecule has 0 spiro atoms. The van der Waals surface area contributed by atoms with Crippen LogP contribution in [0, 0.1) is 0 Å². The topological polar surface area (TPSA) is 43.7 Å². The zero-order chi connectivity index (χ0) is 12.1. The quantitative estimate of drug-likeness (QED) is 0.658. The smallest absolute Gasteiger partial charge is 0.0950 e. The molecule has 15 heavy (non-hydrogen) atoms. The monoisotopic (exact) mass is 215 g/mol. The van der Waals surface area contributed by atoms with Crippen molar-refractivity contribution in [2.24, 2.45) is 0 Å². The summed E-state index contributed by atoms with van der Waals surface area (Å²) in [6.45, 7) is 6.25. The number of rotatable bonds is 6. The number of allylic oxidation sites excluding steroid dienone is 2. The first-order valence-electron chi connectivity index (χ1n) is 5.44. The Labute approximate surface area is 93.4 Å². The molecule has 0 rings (SSSR count). The third-order valence-electron chi connectivity index (χ3n) is 2.46. The fraction of sp³-hybridized carbons (Fsp3) is 0.833. The van der Waals surface area contributed by atoms with Crippen LogP contribution >= 0.6 is 0 Å². The Morgan fingerprint density at radius 1 is 1.40 bits per heavy atom. The van der Waals surface area contributed by atoms with Gasteiger partial charge in [-0.25, -0.2) is 0 Å². The molecule has 0 heterocycles. The first-order chi connectivity index (χ1) is 6.75. The molecule has 3 heteroatoms. The molecule has 2 atom stereocenters. The van der Waals surface area contributed by atoms with Crippen LogP contribution in [0.5, 0.6) is 0 Å². The van der Waals surface area contributed by atoms with Crippen molar-refractivity contribution in [1.29, 1.82) is 0 Å². The summed E-state index contributed by atoms with van der Waals surface area (Å²) in [5.41, 5.74) is 0.240. The molecule has 0 amide bonds. The number of likely N-dealkylation sites (N-methyl/N-ethyl adjacent to an activating group) is 1. The molecule has 0 fully saturated rings. The van der Waals surface area contributed by atoms with E-state index in [9.17, 15) is 10.2 Å². The number of hydrogen-bond acceptors (Lipinski definition) is 3. The summed E-state index contributed by atoms with van der Waals surface area (Å²) in [4.78, 5) is 1.88. The molecule has 2 N–H and O–H groups in total. The second-order valence-electron chi connectivity index (χ2n) is 4.96. The maximum Gasteiger partial charge on any atom is 0.0950 e. The third kappa shape index (κ3) is 6.66. The van der Waals surface area contributed by atoms with Crippen molar-refractivity contribution in [1.82, 2.24) is 4.90 Å². The highest BCUT2D eigenvalue weighted by atomic mass is 16.3. The van der Waals surface area contributed by atoms with Crippen LogP contribution in [0.2, 0.25) is 0 Å². The summed E-state index contributed by atoms with van der Waals surface area (Å²) in [6.07, 6.45) is 2.78. The lowest BCUT2D eigenvalue weighted by atomic mass is 9.92. The average molecular weight is 215 g/mol. The van der Waals surface area contributed by atoms with Crippen LogP contribution in [0.3, 0.4) is 0 Å². The third-order valence-corrected chi connectivity index (χ3v) is 2.46. The highest BCUT2D eigenvalue weighted by Gasteiger charge is 2.29. The molecule has 0 aliphatic heterocycles. The van der Waals surface area contributed by atoms with Crippen molar-refractivity contribution in [2.45, 2.75) is 45.3 Å². The lowest BCUT2D eigenvalue weighted by molar-refractivity contribution is -0.0740. The van der Waals surface area contributed by atoms with Crippen molar-refractivity contribution in [3.05, 3.63) is 11.6 Å². The Morgan fingerprint density at radius 3 is 2.33 bits per heavy atom. The molecule has 0 aromatic heterocycles. The summed E-state index contributed by atoms with van der Waals surface area (Å²) in [5.74, 6) is 0. The minimum atomic E-state index is -1.00. The Morgan fingerprint density at radius 2 is 1.93 bits per heavy atom. The molecule has 0 aliphatic carbocycles. The van der Waals surface area contributed by atoms with Gasteiger partial charge >= 0.3 is 0 Å². The number of aliphatic hydroxyl groups excluding tert-OH is 1. The van der Waals surface area contributed by atoms with Gasteiger partial charge in [0.15, 0.2) is 0 Å². The van der Waals surface area contributed by atoms with E-state index in [1.165, 1.54) is 5.57 Å². The molecular weight excluding hydrogens is 190 g/mol. The van der Waals surface area contributed by atoms with Crippen molar-refractivity contribution >= 4 is 0 Å². The van der Waals surface area contributed by atoms with E-state index in [0.29, 0.717) is 13.0 Å². The predicted octanol–water partition coefficient (Wildman–Crippen LogP) is 1.41. The van der Waals surface area contributed by atoms with Crippen LogP contribution < -0.4 is 0 Å². The molecule has 0 bridgehead atoms. The predicted molar refractivity (Wildman–Crippen MR) is 63.8 cm³/mol. The first-order valence-corrected chi connectivity index (χ1v) is 5.44. The Bertz CT molecular complexity index is 206. The van der Waals surface area contributed by atoms with E-state index in [0.717, 1.165) is 6.42 Å². The molecule has 0 aromatic rings. The normalized spacial score (nSPS) is 17.3. The van der Waals surface area contributed by atoms with Crippen molar-refractivity contribution in [3.63, 3.8) is 0 Å². The van der Waals surface area contributed by atoms with Gasteiger partial charge in [-0.15, -0.1) is 0 Å². The number of nitrogens with zero attached hydrogens (tertiary/aromatic N) is 1. The van der Waals surface area contributed by atoms with Crippen LogP contribution in [0.15, 0.2) is 11.6 Å². The van der Waals surface area contributed by atoms with Crippen molar-refractivity contribution in [3.8, 4) is 0 Å². The maximum atomic E-state index is 10.0. The van der Waals surface area contributed by atoms with Crippen molar-refractivity contribution < 1.29 is 10.2 Å². The summed E-state index contributed by atoms with van der Waals surface area (Å²) in [6, 6.07) is 0. The summed E-state index contributed by atoms with van der Waals surface area (Å²) in [5, 5.41) is 19.8. The van der Waals surface area contributed by atoms with Crippen LogP contribution in [-0.4, -0.2) is 47.5 Å². The fourth-order valence-corrected chi connectivity index (χ4v) is 1.36. The minimum absolute atomic E-state index is 0.488. The van der Waals surface area contributed by atoms with E-state index in [-0.39, 0.29) is 0 Å². The van der Waals surface area contributed by atoms with E-state index < -0.39 is 11.7 Å². The lowest BCUT2D eigenvalue weighted by Crippen LogP contribution is -2.45. The Hall–Kier alpha value is -0.380. The van der Waals surface area contributed by atoms with Crippen molar-refractivity contribution in [2.75, 3.05) is 20.6 Å². The SMILES string of the molecule is CC(C)=CCCC(C)(O)C(O)CN(C)C. The second kappa shape index (κ2) is 6.26. The standard InChI is InChI=1S/C12H25NO2/c1-10(2)7-6-8-12(3,15)11(14)9-13(4)5/h7,11,14-15H,6,8-9H2,1-5H3. The molecule has 0 aromatic carbocycles. The molecule has 0 saturated heterocycles. The van der Waals surface area contributed by atoms with Gasteiger partial charge in [-0.1, -0.05) is 11.6 Å². The van der Waals surface area contributed by atoms with Gasteiger partial charge in [0.25, 0.3) is 0 Å². The van der Waals surface area contributed by atoms with Gasteiger partial charge in [0.1, 0.15) is 0 Å². The van der Waals surface area contributed by atoms with Crippen LogP contribution in [0.25, 0.3) is 0 Å². The number of aliphatic hydroxyl groups is 2. The zero-order valence-electron chi connectivity index (χ0n) is 10.6. The van der Waals surface area contributed by atoms with Crippen LogP contribution in [-0.2, 0) is 0 Å². The van der Waals surface area contributed by atoms with Gasteiger partial charge < -0.3 is 15.1 Å². The highest BCUT2D eigenvalue weighted by molar-refractivity contribution is 4.95. The van der Waals surface area contributed by atoms with Gasteiger partial charge in [0.05, 0.1) is 11.7 Å². The van der Waals surface area contributed by atoms with E-state index in [4.69, 9.17) is 0 Å². The zero-order valence-corrected chi connectivity index (χ0v) is 10.6. The molecular formula is C12H25NO2. The van der Waals surface area contributed by atoms with E-state index in [1.54, 1.807) is 6.92 Å². The Balaban J connectivity index is 4.10. The second-order valence-corrected chi connectivity index (χ2v) is 4.96. The van der Waals surface area contributed by atoms with Gasteiger partial charge in [-0.3, -0.25) is 0 Å². The summed E-state index contributed by atoms with van der Waals surface area (Å²) in [7, 11) is 3.77. The van der Waals surface area contributed by atoms with E-state index in [2.05, 4.69) is 6.08 Å². The molecule has 0 aliphatic rings. The average Bonchev–Trinajstić information content (AvgIpc) is 2.01. The molecule has 0 radical (unpaired) electrons. The van der Waals surface area contributed by atoms with Gasteiger partial charge in [-0.2, -0.15) is 0 Å². The summed E-state index contributed by atoms with van der Waals surface area (Å²) < 4.78 is 0. The number of hydrogen-bond donors (Lipinski definition) is 2. The first kappa shape index (κ1) is 14.6. The van der Waals surface area contributed by atoms with Crippen LogP contribution in [0.1, 0.15) is 33.6 Å². The maximum absolute atomic E-state index is 10.0. The fourth-order valence-electron chi connectivity index (χ4n) is 1.36. The van der Waals surface area contributed by atoms with Gasteiger partial charge in [0.2, 0.25) is 0 Å². The minimum Gasteiger partial charge on any atom is -0.389 e. The molecule has 0 saturated carbocycles. The van der Waals surface area contributed by atoms with Gasteiger partial charge in [0, 0.05) is 6.54 Å². The highest BCUT2D eigenvalue weighted by Crippen LogP contribution is 2.18. The molecule has 90 valence electrons. The molecule has 2 unspecified atom stereocenters. The van der Waals surface area contributed by atoms with Crippen LogP contribution in [0.4, 0.5) is 0 Å². The lowest BCUT2D eigenvalue weighted by Gasteiger charge is -2.30. The Kier molecular flexibility index (Phi) is 6.10. The summed E-state index contributed by atoms with van der Waals surface area (Å²) >= 11 is 0.